The minimum absolute atomic E-state index is 0.243. The van der Waals surface area contributed by atoms with Crippen molar-refractivity contribution >= 4 is 11.4 Å². The third-order valence-electron chi connectivity index (χ3n) is 4.53. The number of hydrogen-bond acceptors (Lipinski definition) is 4. The Morgan fingerprint density at radius 1 is 1.00 bits per heavy atom. The van der Waals surface area contributed by atoms with Gasteiger partial charge in [-0.2, -0.15) is 0 Å². The minimum Gasteiger partial charge on any atom is -0.286 e. The second-order valence-corrected chi connectivity index (χ2v) is 7.54. The van der Waals surface area contributed by atoms with Gasteiger partial charge in [-0.25, -0.2) is 15.0 Å². The van der Waals surface area contributed by atoms with Crippen LogP contribution in [0.5, 0.6) is 0 Å². The van der Waals surface area contributed by atoms with Gasteiger partial charge in [0, 0.05) is 6.42 Å². The molecule has 0 aromatic heterocycles. The lowest BCUT2D eigenvalue weighted by Gasteiger charge is -2.34. The van der Waals surface area contributed by atoms with Crippen molar-refractivity contribution in [2.45, 2.75) is 52.3 Å². The molecule has 1 saturated heterocycles. The quantitative estimate of drug-likeness (QED) is 0.819. The van der Waals surface area contributed by atoms with E-state index in [-0.39, 0.29) is 5.54 Å². The number of benzene rings is 2. The van der Waals surface area contributed by atoms with Gasteiger partial charge in [-0.1, -0.05) is 24.3 Å². The highest BCUT2D eigenvalue weighted by molar-refractivity contribution is 5.52. The Hall–Kier alpha value is -2.04. The summed E-state index contributed by atoms with van der Waals surface area (Å²) in [6.45, 7) is 10.3. The van der Waals surface area contributed by atoms with E-state index in [4.69, 9.17) is 4.84 Å². The first-order valence-electron chi connectivity index (χ1n) is 8.33. The van der Waals surface area contributed by atoms with E-state index in [9.17, 15) is 5.21 Å². The van der Waals surface area contributed by atoms with Gasteiger partial charge in [0.2, 0.25) is 0 Å². The molecule has 4 heteroatoms. The molecule has 1 aliphatic heterocycles. The average molecular weight is 326 g/mol. The standard InChI is InChI=1S/C20H26N2O2/c1-15-8-6-10-17(12-15)21(23)20(5)14-19(3,4)22(24-20)18-11-7-9-16(2)13-18/h6-13,23H,14H2,1-5H3. The predicted molar refractivity (Wildman–Crippen MR) is 97.3 cm³/mol. The largest absolute Gasteiger partial charge is 0.286 e. The second kappa shape index (κ2) is 5.80. The van der Waals surface area contributed by atoms with Crippen LogP contribution in [0.2, 0.25) is 0 Å². The van der Waals surface area contributed by atoms with Crippen molar-refractivity contribution in [3.8, 4) is 0 Å². The third-order valence-corrected chi connectivity index (χ3v) is 4.53. The zero-order chi connectivity index (χ0) is 17.5. The Balaban J connectivity index is 1.93. The number of aryl methyl sites for hydroxylation is 2. The molecule has 4 nitrogen and oxygen atoms in total. The lowest BCUT2D eigenvalue weighted by molar-refractivity contribution is -0.0571. The van der Waals surface area contributed by atoms with Crippen LogP contribution >= 0.6 is 0 Å². The van der Waals surface area contributed by atoms with Crippen LogP contribution in [0, 0.1) is 13.8 Å². The molecule has 2 aromatic rings. The van der Waals surface area contributed by atoms with Crippen LogP contribution in [0.3, 0.4) is 0 Å². The molecular formula is C20H26N2O2. The third kappa shape index (κ3) is 2.99. The van der Waals surface area contributed by atoms with Gasteiger partial charge in [0.15, 0.2) is 5.72 Å². The molecule has 1 unspecified atom stereocenters. The lowest BCUT2D eigenvalue weighted by Crippen LogP contribution is -2.45. The monoisotopic (exact) mass is 326 g/mol. The summed E-state index contributed by atoms with van der Waals surface area (Å²) in [5.74, 6) is 0. The number of anilines is 2. The molecule has 1 N–H and O–H groups in total. The van der Waals surface area contributed by atoms with Crippen molar-refractivity contribution in [1.29, 1.82) is 0 Å². The molecular weight excluding hydrogens is 300 g/mol. The van der Waals surface area contributed by atoms with Gasteiger partial charge < -0.3 is 0 Å². The molecule has 0 bridgehead atoms. The van der Waals surface area contributed by atoms with Crippen molar-refractivity contribution < 1.29 is 10.0 Å². The molecule has 3 rings (SSSR count). The topological polar surface area (TPSA) is 35.9 Å². The van der Waals surface area contributed by atoms with Gasteiger partial charge in [-0.05, 0) is 70.0 Å². The van der Waals surface area contributed by atoms with Gasteiger partial charge in [-0.15, -0.1) is 0 Å². The Labute approximate surface area is 144 Å². The van der Waals surface area contributed by atoms with Crippen LogP contribution in [0.25, 0.3) is 0 Å². The fourth-order valence-corrected chi connectivity index (χ4v) is 3.53. The van der Waals surface area contributed by atoms with Gasteiger partial charge in [0.25, 0.3) is 0 Å². The van der Waals surface area contributed by atoms with Crippen molar-refractivity contribution in [3.63, 3.8) is 0 Å². The first-order chi connectivity index (χ1) is 11.2. The molecule has 1 aliphatic rings. The normalized spacial score (nSPS) is 22.7. The van der Waals surface area contributed by atoms with E-state index in [2.05, 4.69) is 32.9 Å². The van der Waals surface area contributed by atoms with Crippen molar-refractivity contribution in [2.75, 3.05) is 10.1 Å². The maximum atomic E-state index is 10.8. The van der Waals surface area contributed by atoms with Crippen LogP contribution < -0.4 is 10.1 Å². The molecule has 0 aliphatic carbocycles. The number of hydrogen-bond donors (Lipinski definition) is 1. The van der Waals surface area contributed by atoms with Crippen molar-refractivity contribution in [3.05, 3.63) is 59.7 Å². The van der Waals surface area contributed by atoms with Crippen LogP contribution in [0.15, 0.2) is 48.5 Å². The fraction of sp³-hybridized carbons (Fsp3) is 0.400. The van der Waals surface area contributed by atoms with E-state index >= 15 is 0 Å². The molecule has 2 aromatic carbocycles. The van der Waals surface area contributed by atoms with E-state index in [1.165, 1.54) is 10.6 Å². The average Bonchev–Trinajstić information content (AvgIpc) is 2.77. The zero-order valence-corrected chi connectivity index (χ0v) is 15.1. The van der Waals surface area contributed by atoms with Gasteiger partial charge in [-0.3, -0.25) is 5.21 Å². The first kappa shape index (κ1) is 16.8. The summed E-state index contributed by atoms with van der Waals surface area (Å²) in [5.41, 5.74) is 2.94. The fourth-order valence-electron chi connectivity index (χ4n) is 3.53. The van der Waals surface area contributed by atoms with Crippen molar-refractivity contribution in [1.82, 2.24) is 0 Å². The molecule has 0 spiro atoms. The zero-order valence-electron chi connectivity index (χ0n) is 15.1. The lowest BCUT2D eigenvalue weighted by atomic mass is 9.94. The van der Waals surface area contributed by atoms with E-state index in [1.54, 1.807) is 0 Å². The minimum atomic E-state index is -0.832. The summed E-state index contributed by atoms with van der Waals surface area (Å²) in [6, 6.07) is 16.0. The molecule has 0 radical (unpaired) electrons. The Morgan fingerprint density at radius 3 is 2.25 bits per heavy atom. The molecule has 0 saturated carbocycles. The van der Waals surface area contributed by atoms with E-state index in [0.717, 1.165) is 16.9 Å². The molecule has 0 amide bonds. The van der Waals surface area contributed by atoms with E-state index in [0.29, 0.717) is 6.42 Å². The first-order valence-corrected chi connectivity index (χ1v) is 8.33. The SMILES string of the molecule is Cc1cccc(N2OC(C)(N(O)c3cccc(C)c3)CC2(C)C)c1. The van der Waals surface area contributed by atoms with Crippen LogP contribution in [0.4, 0.5) is 11.4 Å². The molecule has 1 atom stereocenters. The summed E-state index contributed by atoms with van der Waals surface area (Å²) in [7, 11) is 0. The van der Waals surface area contributed by atoms with E-state index < -0.39 is 5.72 Å². The number of rotatable bonds is 3. The number of nitrogens with zero attached hydrogens (tertiary/aromatic N) is 2. The highest BCUT2D eigenvalue weighted by atomic mass is 16.7. The second-order valence-electron chi connectivity index (χ2n) is 7.54. The van der Waals surface area contributed by atoms with Crippen LogP contribution in [-0.4, -0.2) is 16.5 Å². The van der Waals surface area contributed by atoms with Gasteiger partial charge in [0.1, 0.15) is 0 Å². The van der Waals surface area contributed by atoms with Crippen molar-refractivity contribution in [2.24, 2.45) is 0 Å². The predicted octanol–water partition coefficient (Wildman–Crippen LogP) is 4.84. The highest BCUT2D eigenvalue weighted by Crippen LogP contribution is 2.44. The highest BCUT2D eigenvalue weighted by Gasteiger charge is 2.51. The summed E-state index contributed by atoms with van der Waals surface area (Å²) in [6.07, 6.45) is 0.665. The number of hydroxylamine groups is 2. The molecule has 1 fully saturated rings. The van der Waals surface area contributed by atoms with Crippen LogP contribution in [-0.2, 0) is 4.84 Å². The van der Waals surface area contributed by atoms with E-state index in [1.807, 2.05) is 55.3 Å². The van der Waals surface area contributed by atoms with Crippen LogP contribution in [0.1, 0.15) is 38.3 Å². The molecule has 1 heterocycles. The summed E-state index contributed by atoms with van der Waals surface area (Å²) in [4.78, 5) is 6.27. The maximum absolute atomic E-state index is 10.8. The molecule has 128 valence electrons. The summed E-state index contributed by atoms with van der Waals surface area (Å²) < 4.78 is 0. The smallest absolute Gasteiger partial charge is 0.190 e. The Bertz CT molecular complexity index is 744. The van der Waals surface area contributed by atoms with Gasteiger partial charge in [0.05, 0.1) is 16.9 Å². The van der Waals surface area contributed by atoms with Gasteiger partial charge >= 0.3 is 0 Å². The molecule has 24 heavy (non-hydrogen) atoms. The Kier molecular flexibility index (Phi) is 4.06. The summed E-state index contributed by atoms with van der Waals surface area (Å²) >= 11 is 0. The summed E-state index contributed by atoms with van der Waals surface area (Å²) in [5, 5.41) is 14.0. The maximum Gasteiger partial charge on any atom is 0.190 e. The Morgan fingerprint density at radius 2 is 1.62 bits per heavy atom.